The van der Waals surface area contributed by atoms with E-state index >= 15 is 0 Å². The fourth-order valence-electron chi connectivity index (χ4n) is 4.22. The van der Waals surface area contributed by atoms with Crippen LogP contribution in [0.4, 0.5) is 8.78 Å². The lowest BCUT2D eigenvalue weighted by Gasteiger charge is -2.36. The highest BCUT2D eigenvalue weighted by molar-refractivity contribution is 5.84. The number of halogens is 2. The van der Waals surface area contributed by atoms with Crippen molar-refractivity contribution >= 4 is 5.78 Å². The first-order chi connectivity index (χ1) is 10.6. The zero-order chi connectivity index (χ0) is 16.1. The fourth-order valence-corrected chi connectivity index (χ4v) is 4.22. The van der Waals surface area contributed by atoms with Gasteiger partial charge < -0.3 is 4.74 Å². The van der Waals surface area contributed by atoms with Crippen LogP contribution in [0.25, 0.3) is 0 Å². The molecule has 0 aromatic carbocycles. The van der Waals surface area contributed by atoms with Gasteiger partial charge in [-0.1, -0.05) is 19.8 Å². The molecule has 0 radical (unpaired) electrons. The Bertz CT molecular complexity index is 353. The van der Waals surface area contributed by atoms with Crippen LogP contribution in [0.3, 0.4) is 0 Å². The van der Waals surface area contributed by atoms with Gasteiger partial charge >= 0.3 is 0 Å². The molecular formula is C18H30F2O2. The Morgan fingerprint density at radius 3 is 2.27 bits per heavy atom. The third kappa shape index (κ3) is 4.06. The van der Waals surface area contributed by atoms with E-state index in [4.69, 9.17) is 4.74 Å². The van der Waals surface area contributed by atoms with Crippen molar-refractivity contribution in [2.24, 2.45) is 17.8 Å². The molecule has 2 saturated carbocycles. The summed E-state index contributed by atoms with van der Waals surface area (Å²) in [6, 6.07) is 0. The maximum Gasteiger partial charge on any atom is 0.158 e. The number of hydrogen-bond acceptors (Lipinski definition) is 2. The highest BCUT2D eigenvalue weighted by Crippen LogP contribution is 2.38. The van der Waals surface area contributed by atoms with Crippen molar-refractivity contribution < 1.29 is 18.3 Å². The molecule has 0 aromatic rings. The molecule has 2 aliphatic carbocycles. The molecule has 2 nitrogen and oxygen atoms in total. The fraction of sp³-hybridized carbons (Fsp3) is 0.944. The second kappa shape index (κ2) is 8.37. The second-order valence-corrected chi connectivity index (χ2v) is 6.98. The lowest BCUT2D eigenvalue weighted by molar-refractivity contribution is -0.138. The summed E-state index contributed by atoms with van der Waals surface area (Å²) in [5.41, 5.74) is 0. The molecule has 2 aliphatic rings. The molecule has 22 heavy (non-hydrogen) atoms. The number of carbonyl (C=O) groups excluding carboxylic acids is 1. The van der Waals surface area contributed by atoms with Crippen molar-refractivity contribution in [3.05, 3.63) is 0 Å². The molecule has 0 aliphatic heterocycles. The van der Waals surface area contributed by atoms with Crippen molar-refractivity contribution in [2.75, 3.05) is 6.61 Å². The monoisotopic (exact) mass is 316 g/mol. The Morgan fingerprint density at radius 2 is 1.68 bits per heavy atom. The molecule has 0 spiro atoms. The molecule has 2 rings (SSSR count). The minimum atomic E-state index is -1.69. The summed E-state index contributed by atoms with van der Waals surface area (Å²) < 4.78 is 33.7. The van der Waals surface area contributed by atoms with E-state index in [1.54, 1.807) is 6.92 Å². The molecule has 0 aromatic heterocycles. The molecule has 0 N–H and O–H groups in total. The molecular weight excluding hydrogens is 286 g/mol. The predicted molar refractivity (Wildman–Crippen MR) is 83.3 cm³/mol. The largest absolute Gasteiger partial charge is 0.375 e. The van der Waals surface area contributed by atoms with Gasteiger partial charge in [-0.05, 0) is 51.4 Å². The minimum absolute atomic E-state index is 0.0277. The Kier molecular flexibility index (Phi) is 6.79. The van der Waals surface area contributed by atoms with Gasteiger partial charge in [0.05, 0.1) is 12.0 Å². The van der Waals surface area contributed by atoms with Crippen LogP contribution in [0.15, 0.2) is 0 Å². The van der Waals surface area contributed by atoms with Gasteiger partial charge in [0.2, 0.25) is 0 Å². The molecule has 2 fully saturated rings. The first-order valence-corrected chi connectivity index (χ1v) is 9.01. The third-order valence-electron chi connectivity index (χ3n) is 5.50. The van der Waals surface area contributed by atoms with E-state index in [0.717, 1.165) is 31.6 Å². The molecule has 4 unspecified atom stereocenters. The Morgan fingerprint density at radius 1 is 1.00 bits per heavy atom. The molecule has 128 valence electrons. The zero-order valence-corrected chi connectivity index (χ0v) is 13.9. The average Bonchev–Trinajstić information content (AvgIpc) is 2.53. The second-order valence-electron chi connectivity index (χ2n) is 6.98. The lowest BCUT2D eigenvalue weighted by Crippen LogP contribution is -2.47. The maximum absolute atomic E-state index is 14.3. The van der Waals surface area contributed by atoms with E-state index in [1.807, 2.05) is 0 Å². The maximum atomic E-state index is 14.3. The van der Waals surface area contributed by atoms with Crippen LogP contribution in [0.2, 0.25) is 0 Å². The summed E-state index contributed by atoms with van der Waals surface area (Å²) >= 11 is 0. The van der Waals surface area contributed by atoms with Crippen molar-refractivity contribution in [3.63, 3.8) is 0 Å². The van der Waals surface area contributed by atoms with Crippen LogP contribution >= 0.6 is 0 Å². The molecule has 4 atom stereocenters. The molecule has 0 saturated heterocycles. The summed E-state index contributed by atoms with van der Waals surface area (Å²) in [7, 11) is 0. The average molecular weight is 316 g/mol. The molecule has 0 bridgehead atoms. The van der Waals surface area contributed by atoms with Crippen LogP contribution < -0.4 is 0 Å². The van der Waals surface area contributed by atoms with Crippen molar-refractivity contribution in [3.8, 4) is 0 Å². The van der Waals surface area contributed by atoms with E-state index < -0.39 is 24.4 Å². The van der Waals surface area contributed by atoms with Crippen molar-refractivity contribution in [1.82, 2.24) is 0 Å². The van der Waals surface area contributed by atoms with E-state index in [1.165, 1.54) is 12.8 Å². The number of Topliss-reactive ketones (excluding diaryl/α,β-unsaturated/α-hetero) is 1. The smallest absolute Gasteiger partial charge is 0.158 e. The standard InChI is InChI=1S/C18H30F2O2/c1-3-5-12-6-8-13(9-7-12)18(21)14-10-11-15(22-4-2)17(20)16(14)19/h12-17H,3-11H2,1-2H3. The van der Waals surface area contributed by atoms with Crippen LogP contribution in [-0.2, 0) is 9.53 Å². The van der Waals surface area contributed by atoms with Gasteiger partial charge in [0.25, 0.3) is 0 Å². The summed E-state index contributed by atoms with van der Waals surface area (Å²) in [5.74, 6) is -0.107. The normalized spacial score (nSPS) is 39.6. The number of rotatable bonds is 6. The van der Waals surface area contributed by atoms with Crippen molar-refractivity contribution in [1.29, 1.82) is 0 Å². The van der Waals surface area contributed by atoms with Crippen LogP contribution in [-0.4, -0.2) is 30.8 Å². The lowest BCUT2D eigenvalue weighted by atomic mass is 9.72. The predicted octanol–water partition coefficient (Wildman–Crippen LogP) is 4.65. The van der Waals surface area contributed by atoms with Crippen LogP contribution in [0, 0.1) is 17.8 Å². The van der Waals surface area contributed by atoms with Gasteiger partial charge in [-0.2, -0.15) is 0 Å². The quantitative estimate of drug-likeness (QED) is 0.713. The number of hydrogen-bond donors (Lipinski definition) is 0. The number of ether oxygens (including phenoxy) is 1. The molecule has 0 heterocycles. The van der Waals surface area contributed by atoms with Crippen molar-refractivity contribution in [2.45, 2.75) is 83.7 Å². The zero-order valence-electron chi connectivity index (χ0n) is 13.9. The topological polar surface area (TPSA) is 26.3 Å². The van der Waals surface area contributed by atoms with E-state index in [0.29, 0.717) is 19.4 Å². The van der Waals surface area contributed by atoms with E-state index in [2.05, 4.69) is 6.92 Å². The Hall–Kier alpha value is -0.510. The van der Waals surface area contributed by atoms with Gasteiger partial charge in [0.1, 0.15) is 12.0 Å². The van der Waals surface area contributed by atoms with Gasteiger partial charge in [0, 0.05) is 12.5 Å². The molecule has 0 amide bonds. The van der Waals surface area contributed by atoms with E-state index in [-0.39, 0.29) is 11.7 Å². The van der Waals surface area contributed by atoms with Gasteiger partial charge in [-0.25, -0.2) is 8.78 Å². The number of alkyl halides is 2. The Labute approximate surface area is 133 Å². The number of ketones is 1. The third-order valence-corrected chi connectivity index (χ3v) is 5.50. The van der Waals surface area contributed by atoms with Gasteiger partial charge in [0.15, 0.2) is 6.17 Å². The number of carbonyl (C=O) groups is 1. The first kappa shape index (κ1) is 17.8. The summed E-state index contributed by atoms with van der Waals surface area (Å²) in [4.78, 5) is 12.6. The summed E-state index contributed by atoms with van der Waals surface area (Å²) in [6.07, 6.45) is 3.12. The Balaban J connectivity index is 1.88. The highest BCUT2D eigenvalue weighted by atomic mass is 19.2. The SMILES string of the molecule is CCCC1CCC(C(=O)C2CCC(OCC)C(F)C2F)CC1. The van der Waals surface area contributed by atoms with Crippen LogP contribution in [0.1, 0.15) is 65.2 Å². The summed E-state index contributed by atoms with van der Waals surface area (Å²) in [5, 5.41) is 0. The molecule has 4 heteroatoms. The van der Waals surface area contributed by atoms with Gasteiger partial charge in [-0.15, -0.1) is 0 Å². The summed E-state index contributed by atoms with van der Waals surface area (Å²) in [6.45, 7) is 4.35. The first-order valence-electron chi connectivity index (χ1n) is 9.01. The highest BCUT2D eigenvalue weighted by Gasteiger charge is 2.45. The van der Waals surface area contributed by atoms with Gasteiger partial charge in [-0.3, -0.25) is 4.79 Å². The van der Waals surface area contributed by atoms with Crippen LogP contribution in [0.5, 0.6) is 0 Å². The van der Waals surface area contributed by atoms with E-state index in [9.17, 15) is 13.6 Å². The minimum Gasteiger partial charge on any atom is -0.375 e.